The first-order chi connectivity index (χ1) is 14.0. The molecule has 1 aliphatic carbocycles. The van der Waals surface area contributed by atoms with Gasteiger partial charge in [0.2, 0.25) is 5.91 Å². The lowest BCUT2D eigenvalue weighted by Gasteiger charge is -2.50. The van der Waals surface area contributed by atoms with Crippen LogP contribution in [0.2, 0.25) is 0 Å². The third-order valence-corrected chi connectivity index (χ3v) is 8.07. The normalized spacial score (nSPS) is 25.9. The van der Waals surface area contributed by atoms with Gasteiger partial charge in [-0.1, -0.05) is 30.4 Å². The predicted octanol–water partition coefficient (Wildman–Crippen LogP) is 1.37. The second-order valence-electron chi connectivity index (χ2n) is 8.11. The van der Waals surface area contributed by atoms with Crippen LogP contribution in [0.5, 0.6) is 0 Å². The zero-order valence-corrected chi connectivity index (χ0v) is 16.8. The Morgan fingerprint density at radius 2 is 1.86 bits per heavy atom. The van der Waals surface area contributed by atoms with Crippen LogP contribution >= 0.6 is 0 Å². The second-order valence-corrected chi connectivity index (χ2v) is 10.00. The Balaban J connectivity index is 1.22. The van der Waals surface area contributed by atoms with Crippen LogP contribution in [-0.2, 0) is 19.6 Å². The first kappa shape index (κ1) is 18.7. The quantitative estimate of drug-likeness (QED) is 0.697. The number of amides is 1. The molecule has 1 aromatic rings. The average molecular weight is 413 g/mol. The van der Waals surface area contributed by atoms with Crippen LogP contribution in [0, 0.1) is 11.3 Å². The molecule has 152 valence electrons. The number of aromatic nitrogens is 1. The molecule has 8 heteroatoms. The Morgan fingerprint density at radius 3 is 2.45 bits per heavy atom. The highest BCUT2D eigenvalue weighted by molar-refractivity contribution is 7.89. The van der Waals surface area contributed by atoms with Crippen molar-refractivity contribution in [3.8, 4) is 0 Å². The molecule has 3 fully saturated rings. The van der Waals surface area contributed by atoms with Gasteiger partial charge in [0.1, 0.15) is 5.41 Å². The van der Waals surface area contributed by atoms with Crippen molar-refractivity contribution in [2.75, 3.05) is 39.4 Å². The van der Waals surface area contributed by atoms with E-state index in [4.69, 9.17) is 4.74 Å². The fourth-order valence-electron chi connectivity index (χ4n) is 4.31. The summed E-state index contributed by atoms with van der Waals surface area (Å²) in [6, 6.07) is 4.88. The number of allylic oxidation sites excluding steroid dienone is 4. The monoisotopic (exact) mass is 413 g/mol. The van der Waals surface area contributed by atoms with Crippen LogP contribution < -0.4 is 0 Å². The van der Waals surface area contributed by atoms with E-state index in [1.54, 1.807) is 12.1 Å². The molecule has 1 atom stereocenters. The van der Waals surface area contributed by atoms with E-state index in [0.717, 1.165) is 12.0 Å². The minimum Gasteiger partial charge on any atom is -0.379 e. The van der Waals surface area contributed by atoms with Crippen LogP contribution in [0.1, 0.15) is 6.42 Å². The van der Waals surface area contributed by atoms with Gasteiger partial charge in [0, 0.05) is 32.4 Å². The molecule has 0 aromatic carbocycles. The van der Waals surface area contributed by atoms with Gasteiger partial charge < -0.3 is 9.64 Å². The molecule has 1 amide bonds. The van der Waals surface area contributed by atoms with E-state index in [9.17, 15) is 13.2 Å². The molecule has 3 saturated heterocycles. The van der Waals surface area contributed by atoms with Gasteiger partial charge in [-0.05, 0) is 35.6 Å². The Morgan fingerprint density at radius 1 is 1.10 bits per heavy atom. The summed E-state index contributed by atoms with van der Waals surface area (Å²) in [5, 5.41) is 0.0796. The summed E-state index contributed by atoms with van der Waals surface area (Å²) < 4.78 is 32.0. The van der Waals surface area contributed by atoms with Crippen molar-refractivity contribution in [3.63, 3.8) is 0 Å². The molecular formula is C21H23N3O4S. The summed E-state index contributed by atoms with van der Waals surface area (Å²) in [6.07, 6.45) is 10.6. The lowest BCUT2D eigenvalue weighted by atomic mass is 9.69. The molecule has 0 radical (unpaired) electrons. The van der Waals surface area contributed by atoms with Gasteiger partial charge in [-0.3, -0.25) is 4.79 Å². The number of sulfonamides is 1. The summed E-state index contributed by atoms with van der Waals surface area (Å²) in [6.45, 7) is 2.93. The summed E-state index contributed by atoms with van der Waals surface area (Å²) in [7, 11) is -3.54. The molecule has 3 aliphatic heterocycles. The van der Waals surface area contributed by atoms with Crippen molar-refractivity contribution in [2.45, 2.75) is 11.4 Å². The fourth-order valence-corrected chi connectivity index (χ4v) is 5.67. The Hall–Kier alpha value is -2.29. The summed E-state index contributed by atoms with van der Waals surface area (Å²) in [4.78, 5) is 19.0. The van der Waals surface area contributed by atoms with Crippen LogP contribution in [0.4, 0.5) is 0 Å². The second kappa shape index (κ2) is 6.90. The van der Waals surface area contributed by atoms with Crippen LogP contribution in [0.25, 0.3) is 0 Å². The van der Waals surface area contributed by atoms with E-state index >= 15 is 0 Å². The third kappa shape index (κ3) is 2.97. The first-order valence-electron chi connectivity index (χ1n) is 9.82. The Labute approximate surface area is 170 Å². The highest BCUT2D eigenvalue weighted by atomic mass is 32.2. The van der Waals surface area contributed by atoms with E-state index < -0.39 is 15.4 Å². The fraction of sp³-hybridized carbons (Fsp3) is 0.429. The van der Waals surface area contributed by atoms with Crippen molar-refractivity contribution in [2.24, 2.45) is 11.3 Å². The summed E-state index contributed by atoms with van der Waals surface area (Å²) in [5.41, 5.74) is 1.86. The zero-order chi connectivity index (χ0) is 20.1. The number of likely N-dealkylation sites (tertiary alicyclic amines) is 1. The molecule has 1 aromatic heterocycles. The number of hydrogen-bond acceptors (Lipinski definition) is 5. The molecule has 0 spiro atoms. The van der Waals surface area contributed by atoms with Crippen LogP contribution in [0.15, 0.2) is 64.9 Å². The highest BCUT2D eigenvalue weighted by Gasteiger charge is 2.54. The highest BCUT2D eigenvalue weighted by Crippen LogP contribution is 2.43. The maximum Gasteiger partial charge on any atom is 0.261 e. The van der Waals surface area contributed by atoms with E-state index in [1.165, 1.54) is 22.1 Å². The number of nitrogens with zero attached hydrogens (tertiary/aromatic N) is 3. The average Bonchev–Trinajstić information content (AvgIpc) is 2.63. The number of hydrogen-bond donors (Lipinski definition) is 0. The van der Waals surface area contributed by atoms with Gasteiger partial charge in [0.05, 0.1) is 13.2 Å². The topological polar surface area (TPSA) is 79.8 Å². The van der Waals surface area contributed by atoms with Gasteiger partial charge in [0.25, 0.3) is 10.0 Å². The van der Waals surface area contributed by atoms with Crippen molar-refractivity contribution in [1.82, 2.24) is 14.2 Å². The van der Waals surface area contributed by atoms with Crippen LogP contribution in [-0.4, -0.2) is 67.9 Å². The number of ether oxygens (including phenoxy) is 1. The van der Waals surface area contributed by atoms with Crippen molar-refractivity contribution in [3.05, 3.63) is 59.8 Å². The SMILES string of the molecule is O=C(N1CC(=C2CN(S(=O)(=O)c3ccccn3)C2)C1)C1(C2C=CC=CC2)COC1. The van der Waals surface area contributed by atoms with Gasteiger partial charge in [-0.25, -0.2) is 13.4 Å². The molecule has 0 saturated carbocycles. The molecule has 1 unspecified atom stereocenters. The zero-order valence-electron chi connectivity index (χ0n) is 16.0. The predicted molar refractivity (Wildman–Crippen MR) is 106 cm³/mol. The molecule has 0 bridgehead atoms. The lowest BCUT2D eigenvalue weighted by Crippen LogP contribution is -2.62. The van der Waals surface area contributed by atoms with Gasteiger partial charge in [-0.15, -0.1) is 0 Å². The molecule has 29 heavy (non-hydrogen) atoms. The van der Waals surface area contributed by atoms with Gasteiger partial charge in [0.15, 0.2) is 5.03 Å². The van der Waals surface area contributed by atoms with E-state index in [0.29, 0.717) is 39.4 Å². The van der Waals surface area contributed by atoms with Crippen molar-refractivity contribution >= 4 is 15.9 Å². The lowest BCUT2D eigenvalue weighted by molar-refractivity contribution is -0.182. The molecule has 0 N–H and O–H groups in total. The molecule has 7 nitrogen and oxygen atoms in total. The minimum atomic E-state index is -3.54. The van der Waals surface area contributed by atoms with Gasteiger partial charge in [-0.2, -0.15) is 4.31 Å². The number of pyridine rings is 1. The van der Waals surface area contributed by atoms with Crippen molar-refractivity contribution < 1.29 is 17.9 Å². The number of rotatable bonds is 4. The standard InChI is InChI=1S/C21H23N3O4S/c25-20(21(14-28-15-21)18-6-2-1-3-7-18)23-10-16(11-23)17-12-24(13-17)29(26,27)19-8-4-5-9-22-19/h1-6,8-9,18H,7,10-15H2. The Bertz CT molecular complexity index is 1010. The molecule has 4 heterocycles. The Kier molecular flexibility index (Phi) is 4.45. The minimum absolute atomic E-state index is 0.0796. The van der Waals surface area contributed by atoms with E-state index in [2.05, 4.69) is 17.1 Å². The first-order valence-corrected chi connectivity index (χ1v) is 11.3. The summed E-state index contributed by atoms with van der Waals surface area (Å²) in [5.74, 6) is 0.350. The molecule has 4 aliphatic rings. The van der Waals surface area contributed by atoms with Crippen molar-refractivity contribution in [1.29, 1.82) is 0 Å². The maximum absolute atomic E-state index is 13.2. The summed E-state index contributed by atoms with van der Waals surface area (Å²) >= 11 is 0. The van der Waals surface area contributed by atoms with E-state index in [-0.39, 0.29) is 16.9 Å². The van der Waals surface area contributed by atoms with E-state index in [1.807, 2.05) is 17.1 Å². The number of carbonyl (C=O) groups is 1. The smallest absolute Gasteiger partial charge is 0.261 e. The molecule has 5 rings (SSSR count). The molecular weight excluding hydrogens is 390 g/mol. The third-order valence-electron chi connectivity index (χ3n) is 6.36. The van der Waals surface area contributed by atoms with Gasteiger partial charge >= 0.3 is 0 Å². The largest absolute Gasteiger partial charge is 0.379 e. The van der Waals surface area contributed by atoms with Crippen LogP contribution in [0.3, 0.4) is 0 Å². The maximum atomic E-state index is 13.2. The number of carbonyl (C=O) groups excluding carboxylic acids is 1.